The van der Waals surface area contributed by atoms with Crippen molar-refractivity contribution in [2.45, 2.75) is 26.7 Å². The third-order valence-electron chi connectivity index (χ3n) is 3.97. The van der Waals surface area contributed by atoms with Gasteiger partial charge in [-0.1, -0.05) is 35.9 Å². The first-order chi connectivity index (χ1) is 9.66. The molecule has 1 N–H and O–H groups in total. The van der Waals surface area contributed by atoms with E-state index in [0.29, 0.717) is 0 Å². The fourth-order valence-electron chi connectivity index (χ4n) is 2.94. The summed E-state index contributed by atoms with van der Waals surface area (Å²) in [6.45, 7) is 5.05. The molecule has 1 heterocycles. The average molecular weight is 265 g/mol. The van der Waals surface area contributed by atoms with Crippen LogP contribution in [-0.4, -0.2) is 12.3 Å². The van der Waals surface area contributed by atoms with Crippen molar-refractivity contribution >= 4 is 11.5 Å². The van der Waals surface area contributed by atoms with Gasteiger partial charge in [0, 0.05) is 23.4 Å². The van der Waals surface area contributed by atoms with Crippen LogP contribution in [0.3, 0.4) is 0 Å². The summed E-state index contributed by atoms with van der Waals surface area (Å²) in [5, 5.41) is 3.38. The van der Waals surface area contributed by atoms with Gasteiger partial charge in [0.05, 0.1) is 0 Å². The van der Waals surface area contributed by atoms with E-state index in [4.69, 9.17) is 0 Å². The molecule has 0 amide bonds. The number of nitrogens with one attached hydrogen (secondary N) is 1. The molecule has 0 aliphatic carbocycles. The van der Waals surface area contributed by atoms with Crippen molar-refractivity contribution in [2.75, 3.05) is 11.9 Å². The van der Waals surface area contributed by atoms with Crippen LogP contribution in [0, 0.1) is 13.8 Å². The van der Waals surface area contributed by atoms with Crippen LogP contribution in [0.5, 0.6) is 0 Å². The van der Waals surface area contributed by atoms with Gasteiger partial charge in [-0.2, -0.15) is 0 Å². The van der Waals surface area contributed by atoms with Crippen molar-refractivity contribution < 1.29 is 4.79 Å². The molecule has 2 aromatic rings. The zero-order valence-corrected chi connectivity index (χ0v) is 12.0. The standard InChI is InChI=1S/C18H19NO/c1-12-8-9-14(13(2)11-12)18(20)16-5-3-7-17-15(16)6-4-10-19-17/h3,5,7-9,11,19H,4,6,10H2,1-2H3. The molecule has 0 atom stereocenters. The lowest BCUT2D eigenvalue weighted by Gasteiger charge is -2.20. The van der Waals surface area contributed by atoms with E-state index in [2.05, 4.69) is 24.4 Å². The molecule has 102 valence electrons. The molecule has 0 aromatic heterocycles. The molecule has 1 aliphatic heterocycles. The normalized spacial score (nSPS) is 13.5. The van der Waals surface area contributed by atoms with Crippen LogP contribution < -0.4 is 5.32 Å². The minimum absolute atomic E-state index is 0.142. The minimum Gasteiger partial charge on any atom is -0.385 e. The SMILES string of the molecule is Cc1ccc(C(=O)c2cccc3c2CCCN3)c(C)c1. The topological polar surface area (TPSA) is 29.1 Å². The first-order valence-electron chi connectivity index (χ1n) is 7.14. The number of anilines is 1. The summed E-state index contributed by atoms with van der Waals surface area (Å²) >= 11 is 0. The second kappa shape index (κ2) is 5.12. The molecule has 2 nitrogen and oxygen atoms in total. The molecule has 0 saturated heterocycles. The monoisotopic (exact) mass is 265 g/mol. The highest BCUT2D eigenvalue weighted by molar-refractivity contribution is 6.11. The molecule has 2 heteroatoms. The summed E-state index contributed by atoms with van der Waals surface area (Å²) in [6.07, 6.45) is 2.07. The van der Waals surface area contributed by atoms with Gasteiger partial charge in [0.2, 0.25) is 0 Å². The summed E-state index contributed by atoms with van der Waals surface area (Å²) in [5.74, 6) is 0.142. The zero-order chi connectivity index (χ0) is 14.1. The van der Waals surface area contributed by atoms with Gasteiger partial charge in [-0.15, -0.1) is 0 Å². The number of hydrogen-bond donors (Lipinski definition) is 1. The average Bonchev–Trinajstić information content (AvgIpc) is 2.46. The Morgan fingerprint density at radius 2 is 1.95 bits per heavy atom. The Hall–Kier alpha value is -2.09. The smallest absolute Gasteiger partial charge is 0.193 e. The summed E-state index contributed by atoms with van der Waals surface area (Å²) in [7, 11) is 0. The van der Waals surface area contributed by atoms with Crippen molar-refractivity contribution in [3.05, 3.63) is 64.2 Å². The predicted octanol–water partition coefficient (Wildman–Crippen LogP) is 3.89. The molecule has 0 bridgehead atoms. The Kier molecular flexibility index (Phi) is 3.31. The number of fused-ring (bicyclic) bond motifs is 1. The van der Waals surface area contributed by atoms with Gasteiger partial charge in [0.1, 0.15) is 0 Å². The lowest BCUT2D eigenvalue weighted by Crippen LogP contribution is -2.16. The number of benzene rings is 2. The Morgan fingerprint density at radius 3 is 2.75 bits per heavy atom. The van der Waals surface area contributed by atoms with Crippen LogP contribution in [0.2, 0.25) is 0 Å². The first-order valence-corrected chi connectivity index (χ1v) is 7.14. The summed E-state index contributed by atoms with van der Waals surface area (Å²) in [5.41, 5.74) is 6.19. The summed E-state index contributed by atoms with van der Waals surface area (Å²) < 4.78 is 0. The van der Waals surface area contributed by atoms with Gasteiger partial charge in [0.15, 0.2) is 5.78 Å². The van der Waals surface area contributed by atoms with Crippen LogP contribution in [0.15, 0.2) is 36.4 Å². The Labute approximate surface area is 119 Å². The molecule has 1 aliphatic rings. The van der Waals surface area contributed by atoms with Gasteiger partial charge in [0.25, 0.3) is 0 Å². The molecule has 0 spiro atoms. The fourth-order valence-corrected chi connectivity index (χ4v) is 2.94. The fraction of sp³-hybridized carbons (Fsp3) is 0.278. The molecular weight excluding hydrogens is 246 g/mol. The number of carbonyl (C=O) groups excluding carboxylic acids is 1. The lowest BCUT2D eigenvalue weighted by atomic mass is 9.90. The third-order valence-corrected chi connectivity index (χ3v) is 3.97. The van der Waals surface area contributed by atoms with E-state index in [0.717, 1.165) is 41.8 Å². The zero-order valence-electron chi connectivity index (χ0n) is 12.0. The predicted molar refractivity (Wildman–Crippen MR) is 82.6 cm³/mol. The van der Waals surface area contributed by atoms with Crippen molar-refractivity contribution in [1.29, 1.82) is 0 Å². The quantitative estimate of drug-likeness (QED) is 0.835. The molecule has 0 saturated carbocycles. The van der Waals surface area contributed by atoms with Crippen LogP contribution >= 0.6 is 0 Å². The maximum absolute atomic E-state index is 12.8. The number of rotatable bonds is 2. The van der Waals surface area contributed by atoms with Crippen molar-refractivity contribution in [3.8, 4) is 0 Å². The first kappa shape index (κ1) is 12.9. The Morgan fingerprint density at radius 1 is 1.10 bits per heavy atom. The van der Waals surface area contributed by atoms with Gasteiger partial charge >= 0.3 is 0 Å². The van der Waals surface area contributed by atoms with Crippen LogP contribution in [0.1, 0.15) is 39.0 Å². The second-order valence-electron chi connectivity index (χ2n) is 5.51. The summed E-state index contributed by atoms with van der Waals surface area (Å²) in [4.78, 5) is 12.8. The van der Waals surface area contributed by atoms with E-state index in [-0.39, 0.29) is 5.78 Å². The Balaban J connectivity index is 2.07. The van der Waals surface area contributed by atoms with E-state index in [1.807, 2.05) is 31.2 Å². The number of ketones is 1. The summed E-state index contributed by atoms with van der Waals surface area (Å²) in [6, 6.07) is 12.0. The number of carbonyl (C=O) groups is 1. The molecule has 20 heavy (non-hydrogen) atoms. The van der Waals surface area contributed by atoms with Gasteiger partial charge in [-0.3, -0.25) is 4.79 Å². The van der Waals surface area contributed by atoms with E-state index >= 15 is 0 Å². The van der Waals surface area contributed by atoms with E-state index < -0.39 is 0 Å². The van der Waals surface area contributed by atoms with Gasteiger partial charge in [-0.25, -0.2) is 0 Å². The molecule has 2 aromatic carbocycles. The maximum Gasteiger partial charge on any atom is 0.193 e. The number of aryl methyl sites for hydroxylation is 2. The van der Waals surface area contributed by atoms with E-state index in [1.54, 1.807) is 0 Å². The van der Waals surface area contributed by atoms with Gasteiger partial charge < -0.3 is 5.32 Å². The van der Waals surface area contributed by atoms with Crippen LogP contribution in [0.4, 0.5) is 5.69 Å². The third kappa shape index (κ3) is 2.22. The second-order valence-corrected chi connectivity index (χ2v) is 5.51. The molecule has 0 unspecified atom stereocenters. The van der Waals surface area contributed by atoms with Crippen molar-refractivity contribution in [1.82, 2.24) is 0 Å². The maximum atomic E-state index is 12.8. The van der Waals surface area contributed by atoms with E-state index in [1.165, 1.54) is 11.1 Å². The van der Waals surface area contributed by atoms with Gasteiger partial charge in [-0.05, 0) is 43.9 Å². The van der Waals surface area contributed by atoms with Crippen molar-refractivity contribution in [2.24, 2.45) is 0 Å². The molecule has 0 radical (unpaired) electrons. The van der Waals surface area contributed by atoms with Crippen molar-refractivity contribution in [3.63, 3.8) is 0 Å². The lowest BCUT2D eigenvalue weighted by molar-refractivity contribution is 0.103. The molecule has 0 fully saturated rings. The van der Waals surface area contributed by atoms with E-state index in [9.17, 15) is 4.79 Å². The minimum atomic E-state index is 0.142. The number of hydrogen-bond acceptors (Lipinski definition) is 2. The molecule has 3 rings (SSSR count). The van der Waals surface area contributed by atoms with Crippen LogP contribution in [0.25, 0.3) is 0 Å². The highest BCUT2D eigenvalue weighted by Gasteiger charge is 2.19. The highest BCUT2D eigenvalue weighted by atomic mass is 16.1. The Bertz CT molecular complexity index is 673. The highest BCUT2D eigenvalue weighted by Crippen LogP contribution is 2.27. The molecular formula is C18H19NO. The largest absolute Gasteiger partial charge is 0.385 e. The van der Waals surface area contributed by atoms with Crippen LogP contribution in [-0.2, 0) is 6.42 Å².